The lowest BCUT2D eigenvalue weighted by Crippen LogP contribution is -2.27. The molecular weight excluding hydrogens is 310 g/mol. The molecule has 0 unspecified atom stereocenters. The Morgan fingerprint density at radius 1 is 1.16 bits per heavy atom. The Kier molecular flexibility index (Phi) is 3.88. The summed E-state index contributed by atoms with van der Waals surface area (Å²) in [5.74, 6) is 0.822. The number of hydrogen-bond acceptors (Lipinski definition) is 4. The average Bonchev–Trinajstić information content (AvgIpc) is 2.87. The van der Waals surface area contributed by atoms with Gasteiger partial charge in [-0.3, -0.25) is 4.98 Å². The lowest BCUT2D eigenvalue weighted by molar-refractivity contribution is 0.310. The van der Waals surface area contributed by atoms with Crippen LogP contribution in [0.2, 0.25) is 0 Å². The van der Waals surface area contributed by atoms with E-state index < -0.39 is 0 Å². The number of hydrogen-bond donors (Lipinski definition) is 0. The van der Waals surface area contributed by atoms with E-state index in [9.17, 15) is 0 Å². The zero-order chi connectivity index (χ0) is 17.6. The number of rotatable bonds is 2. The number of fused-ring (bicyclic) bond motifs is 3. The first-order chi connectivity index (χ1) is 12.0. The van der Waals surface area contributed by atoms with Gasteiger partial charge in [0.25, 0.3) is 0 Å². The number of aryl methyl sites for hydroxylation is 2. The van der Waals surface area contributed by atoms with Crippen LogP contribution < -0.4 is 0 Å². The van der Waals surface area contributed by atoms with Gasteiger partial charge in [0.2, 0.25) is 0 Å². The average molecular weight is 333 g/mol. The number of aromatic nitrogens is 4. The van der Waals surface area contributed by atoms with Crippen molar-refractivity contribution in [2.75, 3.05) is 13.6 Å². The van der Waals surface area contributed by atoms with Crippen molar-refractivity contribution in [1.82, 2.24) is 24.4 Å². The normalized spacial score (nSPS) is 15.6. The summed E-state index contributed by atoms with van der Waals surface area (Å²) in [5, 5.41) is 0. The third-order valence-electron chi connectivity index (χ3n) is 5.04. The monoisotopic (exact) mass is 333 g/mol. The molecule has 0 aliphatic carbocycles. The van der Waals surface area contributed by atoms with E-state index in [1.807, 2.05) is 31.5 Å². The standard InChI is InChI=1S/C20H23N5/c1-13(15-5-8-21-9-6-15)11-17-20-19(23-14(2)22-17)16-12-24(3)10-7-18(16)25(20)4/h5-6,8-9,11H,7,10,12H2,1-4H3/b13-11-. The molecule has 5 heteroatoms. The van der Waals surface area contributed by atoms with E-state index in [0.29, 0.717) is 0 Å². The molecular formula is C20H23N5. The largest absolute Gasteiger partial charge is 0.344 e. The van der Waals surface area contributed by atoms with Crippen LogP contribution >= 0.6 is 0 Å². The molecule has 0 spiro atoms. The lowest BCUT2D eigenvalue weighted by Gasteiger charge is -2.23. The van der Waals surface area contributed by atoms with Crippen LogP contribution in [0.1, 0.15) is 35.3 Å². The second-order valence-electron chi connectivity index (χ2n) is 6.89. The maximum Gasteiger partial charge on any atom is 0.126 e. The van der Waals surface area contributed by atoms with Crippen LogP contribution in [0.3, 0.4) is 0 Å². The van der Waals surface area contributed by atoms with Crippen molar-refractivity contribution in [3.8, 4) is 0 Å². The molecule has 0 amide bonds. The molecule has 128 valence electrons. The highest BCUT2D eigenvalue weighted by Crippen LogP contribution is 2.31. The molecule has 0 saturated heterocycles. The highest BCUT2D eigenvalue weighted by Gasteiger charge is 2.24. The van der Waals surface area contributed by atoms with Gasteiger partial charge in [-0.25, -0.2) is 9.97 Å². The fourth-order valence-electron chi connectivity index (χ4n) is 3.74. The fourth-order valence-corrected chi connectivity index (χ4v) is 3.74. The van der Waals surface area contributed by atoms with E-state index in [1.54, 1.807) is 0 Å². The van der Waals surface area contributed by atoms with Crippen molar-refractivity contribution in [1.29, 1.82) is 0 Å². The van der Waals surface area contributed by atoms with Gasteiger partial charge in [-0.1, -0.05) is 0 Å². The van der Waals surface area contributed by atoms with Gasteiger partial charge in [-0.15, -0.1) is 0 Å². The van der Waals surface area contributed by atoms with Gasteiger partial charge in [-0.05, 0) is 50.2 Å². The van der Waals surface area contributed by atoms with E-state index >= 15 is 0 Å². The summed E-state index contributed by atoms with van der Waals surface area (Å²) in [5.41, 5.74) is 8.33. The Labute approximate surface area is 148 Å². The predicted molar refractivity (Wildman–Crippen MR) is 101 cm³/mol. The van der Waals surface area contributed by atoms with Crippen LogP contribution in [0.4, 0.5) is 0 Å². The number of nitrogens with zero attached hydrogens (tertiary/aromatic N) is 5. The van der Waals surface area contributed by atoms with Crippen LogP contribution in [0.5, 0.6) is 0 Å². The summed E-state index contributed by atoms with van der Waals surface area (Å²) >= 11 is 0. The second kappa shape index (κ2) is 6.08. The molecule has 0 N–H and O–H groups in total. The van der Waals surface area contributed by atoms with Gasteiger partial charge in [-0.2, -0.15) is 0 Å². The molecule has 3 aromatic rings. The molecule has 4 heterocycles. The van der Waals surface area contributed by atoms with Gasteiger partial charge in [0, 0.05) is 50.2 Å². The van der Waals surface area contributed by atoms with E-state index in [2.05, 4.69) is 41.5 Å². The summed E-state index contributed by atoms with van der Waals surface area (Å²) in [7, 11) is 4.31. The van der Waals surface area contributed by atoms with Gasteiger partial charge in [0.15, 0.2) is 0 Å². The van der Waals surface area contributed by atoms with Gasteiger partial charge < -0.3 is 9.47 Å². The summed E-state index contributed by atoms with van der Waals surface area (Å²) in [6, 6.07) is 4.06. The highest BCUT2D eigenvalue weighted by molar-refractivity contribution is 5.92. The van der Waals surface area contributed by atoms with Crippen molar-refractivity contribution in [2.45, 2.75) is 26.8 Å². The Bertz CT molecular complexity index is 969. The zero-order valence-electron chi connectivity index (χ0n) is 15.2. The molecule has 1 aliphatic rings. The molecule has 1 aliphatic heterocycles. The van der Waals surface area contributed by atoms with Crippen molar-refractivity contribution in [3.63, 3.8) is 0 Å². The first kappa shape index (κ1) is 16.0. The second-order valence-corrected chi connectivity index (χ2v) is 6.89. The van der Waals surface area contributed by atoms with Crippen LogP contribution in [0, 0.1) is 6.92 Å². The summed E-state index contributed by atoms with van der Waals surface area (Å²) in [6.07, 6.45) is 6.88. The van der Waals surface area contributed by atoms with Gasteiger partial charge >= 0.3 is 0 Å². The van der Waals surface area contributed by atoms with Crippen LogP contribution in [-0.4, -0.2) is 38.0 Å². The Hall–Kier alpha value is -2.53. The molecule has 0 saturated carbocycles. The number of likely N-dealkylation sites (N-methyl/N-ethyl adjacent to an activating group) is 1. The summed E-state index contributed by atoms with van der Waals surface area (Å²) < 4.78 is 2.29. The van der Waals surface area contributed by atoms with Crippen LogP contribution in [0.15, 0.2) is 24.5 Å². The Balaban J connectivity index is 1.93. The predicted octanol–water partition coefficient (Wildman–Crippen LogP) is 3.22. The van der Waals surface area contributed by atoms with Gasteiger partial charge in [0.1, 0.15) is 5.82 Å². The highest BCUT2D eigenvalue weighted by atomic mass is 15.1. The lowest BCUT2D eigenvalue weighted by atomic mass is 10.1. The van der Waals surface area contributed by atoms with Crippen LogP contribution in [-0.2, 0) is 20.0 Å². The fraction of sp³-hybridized carbons (Fsp3) is 0.350. The number of pyridine rings is 1. The topological polar surface area (TPSA) is 46.8 Å². The van der Waals surface area contributed by atoms with Crippen molar-refractivity contribution in [2.24, 2.45) is 7.05 Å². The summed E-state index contributed by atoms with van der Waals surface area (Å²) in [4.78, 5) is 16.0. The smallest absolute Gasteiger partial charge is 0.126 e. The minimum atomic E-state index is 0.822. The third-order valence-corrected chi connectivity index (χ3v) is 5.04. The number of allylic oxidation sites excluding steroid dienone is 1. The molecule has 0 bridgehead atoms. The van der Waals surface area contributed by atoms with E-state index in [0.717, 1.165) is 47.6 Å². The van der Waals surface area contributed by atoms with Crippen molar-refractivity contribution < 1.29 is 0 Å². The minimum absolute atomic E-state index is 0.822. The molecule has 5 nitrogen and oxygen atoms in total. The SMILES string of the molecule is C/C(=C/c1nc(C)nc2c3c(n(C)c12)CCN(C)C3)c1ccncc1. The van der Waals surface area contributed by atoms with E-state index in [-0.39, 0.29) is 0 Å². The summed E-state index contributed by atoms with van der Waals surface area (Å²) in [6.45, 7) is 6.14. The van der Waals surface area contributed by atoms with Crippen LogP contribution in [0.25, 0.3) is 22.7 Å². The maximum atomic E-state index is 4.79. The molecule has 0 aromatic carbocycles. The third kappa shape index (κ3) is 2.74. The maximum absolute atomic E-state index is 4.79. The van der Waals surface area contributed by atoms with Gasteiger partial charge in [0.05, 0.1) is 16.7 Å². The molecule has 0 fully saturated rings. The first-order valence-corrected chi connectivity index (χ1v) is 8.66. The molecule has 4 rings (SSSR count). The Morgan fingerprint density at radius 3 is 2.68 bits per heavy atom. The first-order valence-electron chi connectivity index (χ1n) is 8.66. The molecule has 3 aromatic heterocycles. The molecule has 0 radical (unpaired) electrons. The quantitative estimate of drug-likeness (QED) is 0.722. The van der Waals surface area contributed by atoms with E-state index in [1.165, 1.54) is 16.8 Å². The van der Waals surface area contributed by atoms with E-state index in [4.69, 9.17) is 9.97 Å². The Morgan fingerprint density at radius 2 is 1.92 bits per heavy atom. The minimum Gasteiger partial charge on any atom is -0.344 e. The van der Waals surface area contributed by atoms with Crippen molar-refractivity contribution in [3.05, 3.63) is 52.9 Å². The molecule has 25 heavy (non-hydrogen) atoms. The molecule has 0 atom stereocenters. The zero-order valence-corrected chi connectivity index (χ0v) is 15.2. The van der Waals surface area contributed by atoms with Crippen molar-refractivity contribution >= 4 is 22.7 Å².